The third-order valence-corrected chi connectivity index (χ3v) is 5.52. The number of nitrogens with zero attached hydrogens (tertiary/aromatic N) is 3. The van der Waals surface area contributed by atoms with Crippen LogP contribution in [0.5, 0.6) is 0 Å². The molecule has 2 aromatic rings. The van der Waals surface area contributed by atoms with Gasteiger partial charge in [-0.25, -0.2) is 9.97 Å². The van der Waals surface area contributed by atoms with Crippen molar-refractivity contribution >= 4 is 18.0 Å². The Morgan fingerprint density at radius 3 is 2.78 bits per heavy atom. The van der Waals surface area contributed by atoms with Crippen LogP contribution < -0.4 is 10.6 Å². The Labute approximate surface area is 190 Å². The van der Waals surface area contributed by atoms with E-state index in [9.17, 15) is 9.59 Å². The quantitative estimate of drug-likeness (QED) is 0.607. The molecule has 0 radical (unpaired) electrons. The van der Waals surface area contributed by atoms with Gasteiger partial charge in [0.1, 0.15) is 29.3 Å². The lowest BCUT2D eigenvalue weighted by molar-refractivity contribution is -0.112. The highest BCUT2D eigenvalue weighted by Gasteiger charge is 2.32. The number of aldehydes is 1. The zero-order valence-corrected chi connectivity index (χ0v) is 19.7. The van der Waals surface area contributed by atoms with Gasteiger partial charge in [0.2, 0.25) is 0 Å². The first-order valence-electron chi connectivity index (χ1n) is 11.3. The van der Waals surface area contributed by atoms with Crippen LogP contribution in [0.2, 0.25) is 0 Å². The van der Waals surface area contributed by atoms with Crippen LogP contribution in [-0.4, -0.2) is 52.7 Å². The average Bonchev–Trinajstić information content (AvgIpc) is 3.28. The van der Waals surface area contributed by atoms with Crippen LogP contribution in [0.25, 0.3) is 0 Å². The number of piperidine rings is 1. The molecular formula is C24H35N5O3. The van der Waals surface area contributed by atoms with Crippen LogP contribution in [0, 0.1) is 11.8 Å². The summed E-state index contributed by atoms with van der Waals surface area (Å²) < 4.78 is 5.43. The number of anilines is 1. The van der Waals surface area contributed by atoms with Crippen LogP contribution in [0.1, 0.15) is 63.0 Å². The fourth-order valence-corrected chi connectivity index (χ4v) is 3.86. The Morgan fingerprint density at radius 1 is 1.38 bits per heavy atom. The number of aromatic nitrogens is 2. The lowest BCUT2D eigenvalue weighted by Gasteiger charge is -2.38. The molecule has 0 saturated carbocycles. The van der Waals surface area contributed by atoms with E-state index in [1.807, 2.05) is 37.8 Å². The predicted molar refractivity (Wildman–Crippen MR) is 123 cm³/mol. The Morgan fingerprint density at radius 2 is 2.16 bits per heavy atom. The monoisotopic (exact) mass is 441 g/mol. The van der Waals surface area contributed by atoms with Gasteiger partial charge < -0.3 is 24.7 Å². The van der Waals surface area contributed by atoms with Crippen LogP contribution in [0.4, 0.5) is 5.82 Å². The maximum Gasteiger partial charge on any atom is 0.259 e. The zero-order valence-electron chi connectivity index (χ0n) is 19.7. The fraction of sp³-hybridized carbons (Fsp3) is 0.583. The van der Waals surface area contributed by atoms with Crippen molar-refractivity contribution in [1.82, 2.24) is 20.2 Å². The fourth-order valence-electron chi connectivity index (χ4n) is 3.86. The molecule has 1 aliphatic rings. The summed E-state index contributed by atoms with van der Waals surface area (Å²) in [4.78, 5) is 36.3. The number of nitrogens with one attached hydrogen (secondary N) is 2. The average molecular weight is 442 g/mol. The Hall–Kier alpha value is -2.74. The Bertz CT molecular complexity index is 905. The van der Waals surface area contributed by atoms with Gasteiger partial charge in [-0.15, -0.1) is 0 Å². The molecule has 0 aromatic carbocycles. The Kier molecular flexibility index (Phi) is 7.66. The summed E-state index contributed by atoms with van der Waals surface area (Å²) in [7, 11) is 0. The summed E-state index contributed by atoms with van der Waals surface area (Å²) >= 11 is 0. The molecule has 8 nitrogen and oxygen atoms in total. The molecule has 1 amide bonds. The molecule has 0 unspecified atom stereocenters. The maximum atomic E-state index is 13.8. The first-order valence-corrected chi connectivity index (χ1v) is 11.3. The number of furan rings is 1. The van der Waals surface area contributed by atoms with Crippen LogP contribution >= 0.6 is 0 Å². The molecule has 0 spiro atoms. The normalized spacial score (nSPS) is 19.1. The van der Waals surface area contributed by atoms with Crippen molar-refractivity contribution in [1.29, 1.82) is 0 Å². The number of rotatable bonds is 8. The molecule has 1 saturated heterocycles. The first-order chi connectivity index (χ1) is 15.2. The zero-order chi connectivity index (χ0) is 23.3. The van der Waals surface area contributed by atoms with Crippen molar-refractivity contribution in [2.75, 3.05) is 25.0 Å². The van der Waals surface area contributed by atoms with Crippen molar-refractivity contribution in [3.8, 4) is 0 Å². The van der Waals surface area contributed by atoms with E-state index in [2.05, 4.69) is 29.5 Å². The van der Waals surface area contributed by atoms with Gasteiger partial charge in [-0.1, -0.05) is 34.6 Å². The molecule has 1 fully saturated rings. The number of hydrogen-bond acceptors (Lipinski definition) is 7. The van der Waals surface area contributed by atoms with Gasteiger partial charge in [-0.3, -0.25) is 4.79 Å². The van der Waals surface area contributed by atoms with Crippen molar-refractivity contribution in [2.45, 2.75) is 59.0 Å². The minimum atomic E-state index is -0.259. The minimum absolute atomic E-state index is 0.0610. The number of hydrogen-bond donors (Lipinski definition) is 2. The van der Waals surface area contributed by atoms with Gasteiger partial charge in [0.25, 0.3) is 5.91 Å². The van der Waals surface area contributed by atoms with E-state index in [1.54, 1.807) is 12.5 Å². The lowest BCUT2D eigenvalue weighted by atomic mass is 9.94. The number of carbonyl (C=O) groups is 2. The van der Waals surface area contributed by atoms with E-state index in [1.165, 1.54) is 0 Å². The van der Waals surface area contributed by atoms with E-state index >= 15 is 0 Å². The summed E-state index contributed by atoms with van der Waals surface area (Å²) in [5, 5.41) is 6.57. The van der Waals surface area contributed by atoms with Gasteiger partial charge in [0, 0.05) is 43.2 Å². The van der Waals surface area contributed by atoms with Crippen LogP contribution in [0.15, 0.2) is 29.0 Å². The molecule has 8 heteroatoms. The van der Waals surface area contributed by atoms with E-state index in [-0.39, 0.29) is 29.2 Å². The smallest absolute Gasteiger partial charge is 0.259 e. The van der Waals surface area contributed by atoms with Gasteiger partial charge in [0.15, 0.2) is 0 Å². The van der Waals surface area contributed by atoms with Gasteiger partial charge in [0.05, 0.1) is 12.8 Å². The summed E-state index contributed by atoms with van der Waals surface area (Å²) in [5.74, 6) is 1.97. The van der Waals surface area contributed by atoms with Crippen molar-refractivity contribution in [3.63, 3.8) is 0 Å². The molecule has 2 aromatic heterocycles. The molecule has 3 heterocycles. The topological polar surface area (TPSA) is 100 Å². The molecule has 1 aliphatic heterocycles. The molecule has 174 valence electrons. The van der Waals surface area contributed by atoms with Gasteiger partial charge in [-0.05, 0) is 24.5 Å². The molecular weight excluding hydrogens is 406 g/mol. The highest BCUT2D eigenvalue weighted by atomic mass is 16.3. The summed E-state index contributed by atoms with van der Waals surface area (Å²) in [6.07, 6.45) is 4.88. The highest BCUT2D eigenvalue weighted by Crippen LogP contribution is 2.25. The molecule has 0 aliphatic carbocycles. The third kappa shape index (κ3) is 5.94. The lowest BCUT2D eigenvalue weighted by Crippen LogP contribution is -2.52. The predicted octanol–water partition coefficient (Wildman–Crippen LogP) is 3.25. The molecule has 2 atom stereocenters. The molecule has 2 N–H and O–H groups in total. The largest absolute Gasteiger partial charge is 0.467 e. The number of amides is 1. The van der Waals surface area contributed by atoms with Crippen LogP contribution in [0.3, 0.4) is 0 Å². The van der Waals surface area contributed by atoms with Crippen molar-refractivity contribution < 1.29 is 14.0 Å². The van der Waals surface area contributed by atoms with Crippen molar-refractivity contribution in [3.05, 3.63) is 41.7 Å². The van der Waals surface area contributed by atoms with E-state index in [4.69, 9.17) is 9.40 Å². The Balaban J connectivity index is 1.93. The second-order valence-corrected chi connectivity index (χ2v) is 9.93. The van der Waals surface area contributed by atoms with E-state index in [0.717, 1.165) is 12.0 Å². The maximum absolute atomic E-state index is 13.8. The molecule has 0 bridgehead atoms. The standard InChI is InChI=1S/C24H35N5O3/c1-16(2)14-29(18-9-17(15-30)10-25-11-18)22(31)20-13-27-23(24(3,4)5)28-21(20)26-12-19-7-6-8-32-19/h6-8,13,15-18,25H,9-12,14H2,1-5H3,(H,26,27,28)/t17-,18+/m1/s1. The summed E-state index contributed by atoms with van der Waals surface area (Å²) in [5.41, 5.74) is 0.170. The highest BCUT2D eigenvalue weighted by molar-refractivity contribution is 5.98. The summed E-state index contributed by atoms with van der Waals surface area (Å²) in [6.45, 7) is 12.6. The molecule has 3 rings (SSSR count). The molecule has 32 heavy (non-hydrogen) atoms. The minimum Gasteiger partial charge on any atom is -0.467 e. The third-order valence-electron chi connectivity index (χ3n) is 5.52. The van der Waals surface area contributed by atoms with Gasteiger partial charge >= 0.3 is 0 Å². The summed E-state index contributed by atoms with van der Waals surface area (Å²) in [6, 6.07) is 3.64. The van der Waals surface area contributed by atoms with Crippen LogP contribution in [-0.2, 0) is 16.8 Å². The first kappa shape index (κ1) is 23.9. The van der Waals surface area contributed by atoms with Gasteiger partial charge in [-0.2, -0.15) is 0 Å². The van der Waals surface area contributed by atoms with Crippen molar-refractivity contribution in [2.24, 2.45) is 11.8 Å². The second kappa shape index (κ2) is 10.3. The second-order valence-electron chi connectivity index (χ2n) is 9.93. The SMILES string of the molecule is CC(C)CN(C(=O)c1cnc(C(C)(C)C)nc1NCc1ccco1)[C@@H]1CNC[C@H](C=O)C1. The number of carbonyl (C=O) groups excluding carboxylic acids is 2. The van der Waals surface area contributed by atoms with E-state index < -0.39 is 0 Å². The van der Waals surface area contributed by atoms with E-state index in [0.29, 0.717) is 49.8 Å².